The van der Waals surface area contributed by atoms with Gasteiger partial charge in [0.05, 0.1) is 17.1 Å². The Hall–Kier alpha value is -2.96. The average Bonchev–Trinajstić information content (AvgIpc) is 3.10. The molecule has 0 saturated heterocycles. The van der Waals surface area contributed by atoms with E-state index in [1.54, 1.807) is 11.1 Å². The second-order valence-corrected chi connectivity index (χ2v) is 5.65. The molecule has 0 bridgehead atoms. The number of urea groups is 1. The van der Waals surface area contributed by atoms with Crippen LogP contribution in [-0.2, 0) is 6.42 Å². The third kappa shape index (κ3) is 2.30. The number of carbonyl (C=O) groups excluding carboxylic acids is 1. The predicted octanol–water partition coefficient (Wildman–Crippen LogP) is 2.34. The van der Waals surface area contributed by atoms with Gasteiger partial charge in [0.1, 0.15) is 5.82 Å². The van der Waals surface area contributed by atoms with Crippen molar-refractivity contribution in [1.82, 2.24) is 19.4 Å². The van der Waals surface area contributed by atoms with Crippen molar-refractivity contribution in [3.8, 4) is 0 Å². The minimum atomic E-state index is -0.191. The molecule has 0 aromatic carbocycles. The highest BCUT2D eigenvalue weighted by Crippen LogP contribution is 2.25. The van der Waals surface area contributed by atoms with Crippen LogP contribution in [-0.4, -0.2) is 31.9 Å². The van der Waals surface area contributed by atoms with E-state index in [0.29, 0.717) is 18.0 Å². The van der Waals surface area contributed by atoms with Crippen LogP contribution < -0.4 is 10.2 Å². The lowest BCUT2D eigenvalue weighted by molar-refractivity contribution is 0.257. The first-order valence-electron chi connectivity index (χ1n) is 7.47. The van der Waals surface area contributed by atoms with Gasteiger partial charge in [0, 0.05) is 25.1 Å². The maximum Gasteiger partial charge on any atom is 0.327 e. The van der Waals surface area contributed by atoms with Gasteiger partial charge < -0.3 is 5.32 Å². The van der Waals surface area contributed by atoms with E-state index in [4.69, 9.17) is 0 Å². The summed E-state index contributed by atoms with van der Waals surface area (Å²) >= 11 is 0. The summed E-state index contributed by atoms with van der Waals surface area (Å²) in [6.45, 7) is 4.40. The summed E-state index contributed by atoms with van der Waals surface area (Å²) in [7, 11) is 0. The fraction of sp³-hybridized carbons (Fsp3) is 0.250. The van der Waals surface area contributed by atoms with E-state index >= 15 is 0 Å². The molecular weight excluding hydrogens is 292 g/mol. The van der Waals surface area contributed by atoms with E-state index in [0.717, 1.165) is 29.2 Å². The molecule has 0 saturated carbocycles. The zero-order valence-corrected chi connectivity index (χ0v) is 12.9. The number of amides is 2. The highest BCUT2D eigenvalue weighted by Gasteiger charge is 2.26. The molecular formula is C16H16N6O. The van der Waals surface area contributed by atoms with Crippen LogP contribution in [0.5, 0.6) is 0 Å². The van der Waals surface area contributed by atoms with Crippen molar-refractivity contribution in [2.24, 2.45) is 0 Å². The number of aromatic nitrogens is 4. The topological polar surface area (TPSA) is 75.4 Å². The van der Waals surface area contributed by atoms with Gasteiger partial charge in [-0.05, 0) is 31.9 Å². The number of carbonyl (C=O) groups is 1. The molecule has 1 aliphatic heterocycles. The van der Waals surface area contributed by atoms with Gasteiger partial charge in [-0.3, -0.25) is 9.30 Å². The lowest BCUT2D eigenvalue weighted by Crippen LogP contribution is -2.34. The molecule has 7 heteroatoms. The van der Waals surface area contributed by atoms with Crippen molar-refractivity contribution in [1.29, 1.82) is 0 Å². The van der Waals surface area contributed by atoms with Crippen LogP contribution in [0.1, 0.15) is 17.0 Å². The zero-order valence-electron chi connectivity index (χ0n) is 12.9. The van der Waals surface area contributed by atoms with Crippen molar-refractivity contribution < 1.29 is 4.79 Å². The smallest absolute Gasteiger partial charge is 0.304 e. The summed E-state index contributed by atoms with van der Waals surface area (Å²) < 4.78 is 1.81. The standard InChI is InChI=1S/C16H16N6O/c1-10-8-21-9-13(11(2)19-15(21)18-10)20-16(23)22-7-5-12-4-3-6-17-14(12)22/h3-4,6,8-9H,5,7H2,1-2H3,(H,20,23). The Labute approximate surface area is 133 Å². The van der Waals surface area contributed by atoms with E-state index < -0.39 is 0 Å². The van der Waals surface area contributed by atoms with Gasteiger partial charge in [0.25, 0.3) is 0 Å². The Bertz CT molecular complexity index is 916. The van der Waals surface area contributed by atoms with Crippen molar-refractivity contribution in [2.75, 3.05) is 16.8 Å². The van der Waals surface area contributed by atoms with Crippen molar-refractivity contribution in [3.63, 3.8) is 0 Å². The number of nitrogens with one attached hydrogen (secondary N) is 1. The van der Waals surface area contributed by atoms with E-state index in [-0.39, 0.29) is 6.03 Å². The van der Waals surface area contributed by atoms with Gasteiger partial charge in [-0.1, -0.05) is 6.07 Å². The lowest BCUT2D eigenvalue weighted by atomic mass is 10.2. The Morgan fingerprint density at radius 3 is 3.00 bits per heavy atom. The molecule has 1 N–H and O–H groups in total. The van der Waals surface area contributed by atoms with Gasteiger partial charge in [0.15, 0.2) is 0 Å². The second-order valence-electron chi connectivity index (χ2n) is 5.65. The van der Waals surface area contributed by atoms with E-state index in [2.05, 4.69) is 20.3 Å². The summed E-state index contributed by atoms with van der Waals surface area (Å²) in [5, 5.41) is 2.93. The number of anilines is 2. The third-order valence-corrected chi connectivity index (χ3v) is 3.97. The molecule has 0 spiro atoms. The van der Waals surface area contributed by atoms with Gasteiger partial charge >= 0.3 is 6.03 Å². The van der Waals surface area contributed by atoms with Crippen LogP contribution in [0.2, 0.25) is 0 Å². The molecule has 0 radical (unpaired) electrons. The molecule has 23 heavy (non-hydrogen) atoms. The number of rotatable bonds is 1. The molecule has 0 aliphatic carbocycles. The van der Waals surface area contributed by atoms with Crippen LogP contribution in [0, 0.1) is 13.8 Å². The number of fused-ring (bicyclic) bond motifs is 2. The first kappa shape index (κ1) is 13.7. The zero-order chi connectivity index (χ0) is 16.0. The molecule has 116 valence electrons. The van der Waals surface area contributed by atoms with Crippen LogP contribution in [0.4, 0.5) is 16.3 Å². The third-order valence-electron chi connectivity index (χ3n) is 3.97. The molecule has 3 aromatic heterocycles. The summed E-state index contributed by atoms with van der Waals surface area (Å²) in [4.78, 5) is 27.3. The lowest BCUT2D eigenvalue weighted by Gasteiger charge is -2.17. The maximum atomic E-state index is 12.6. The van der Waals surface area contributed by atoms with Crippen LogP contribution in [0.15, 0.2) is 30.7 Å². The van der Waals surface area contributed by atoms with E-state index in [9.17, 15) is 4.79 Å². The molecule has 4 heterocycles. The summed E-state index contributed by atoms with van der Waals surface area (Å²) in [5.41, 5.74) is 3.39. The molecule has 3 aromatic rings. The molecule has 0 fully saturated rings. The molecule has 4 rings (SSSR count). The molecule has 7 nitrogen and oxygen atoms in total. The van der Waals surface area contributed by atoms with Crippen LogP contribution >= 0.6 is 0 Å². The molecule has 0 atom stereocenters. The van der Waals surface area contributed by atoms with Gasteiger partial charge in [-0.2, -0.15) is 0 Å². The second kappa shape index (κ2) is 5.05. The first-order valence-corrected chi connectivity index (χ1v) is 7.47. The fourth-order valence-electron chi connectivity index (χ4n) is 2.83. The summed E-state index contributed by atoms with van der Waals surface area (Å²) in [6.07, 6.45) is 6.25. The van der Waals surface area contributed by atoms with Crippen molar-refractivity contribution in [3.05, 3.63) is 47.7 Å². The number of hydrogen-bond donors (Lipinski definition) is 1. The van der Waals surface area contributed by atoms with Gasteiger partial charge in [-0.15, -0.1) is 0 Å². The quantitative estimate of drug-likeness (QED) is 0.748. The number of imidazole rings is 1. The van der Waals surface area contributed by atoms with E-state index in [1.807, 2.05) is 42.8 Å². The number of hydrogen-bond acceptors (Lipinski definition) is 4. The van der Waals surface area contributed by atoms with Crippen LogP contribution in [0.3, 0.4) is 0 Å². The normalized spacial score (nSPS) is 13.4. The van der Waals surface area contributed by atoms with Gasteiger partial charge in [-0.25, -0.2) is 19.7 Å². The summed E-state index contributed by atoms with van der Waals surface area (Å²) in [6, 6.07) is 3.70. The van der Waals surface area contributed by atoms with Crippen LogP contribution in [0.25, 0.3) is 5.78 Å². The largest absolute Gasteiger partial charge is 0.327 e. The highest BCUT2D eigenvalue weighted by molar-refractivity contribution is 6.02. The minimum Gasteiger partial charge on any atom is -0.304 e. The van der Waals surface area contributed by atoms with E-state index in [1.165, 1.54) is 0 Å². The monoisotopic (exact) mass is 308 g/mol. The Morgan fingerprint density at radius 1 is 1.26 bits per heavy atom. The molecule has 2 amide bonds. The highest BCUT2D eigenvalue weighted by atomic mass is 16.2. The summed E-state index contributed by atoms with van der Waals surface area (Å²) in [5.74, 6) is 1.36. The average molecular weight is 308 g/mol. The minimum absolute atomic E-state index is 0.191. The predicted molar refractivity (Wildman–Crippen MR) is 86.8 cm³/mol. The number of aryl methyl sites for hydroxylation is 2. The van der Waals surface area contributed by atoms with Crippen molar-refractivity contribution >= 4 is 23.3 Å². The number of nitrogens with zero attached hydrogens (tertiary/aromatic N) is 5. The Morgan fingerprint density at radius 2 is 2.13 bits per heavy atom. The maximum absolute atomic E-state index is 12.6. The van der Waals surface area contributed by atoms with Gasteiger partial charge in [0.2, 0.25) is 5.78 Å². The Balaban J connectivity index is 1.63. The fourth-order valence-corrected chi connectivity index (χ4v) is 2.83. The molecule has 0 unspecified atom stereocenters. The molecule has 1 aliphatic rings. The van der Waals surface area contributed by atoms with Crippen molar-refractivity contribution in [2.45, 2.75) is 20.3 Å². The first-order chi connectivity index (χ1) is 11.1. The Kier molecular flexibility index (Phi) is 3.00. The SMILES string of the molecule is Cc1cn2cc(NC(=O)N3CCc4cccnc43)c(C)nc2n1. The number of pyridine rings is 1.